The van der Waals surface area contributed by atoms with Crippen LogP contribution in [0, 0.1) is 11.3 Å². The summed E-state index contributed by atoms with van der Waals surface area (Å²) >= 11 is 5.35. The molecule has 0 aromatic heterocycles. The molecular formula is C15H12N2O2S. The first-order chi connectivity index (χ1) is 9.54. The van der Waals surface area contributed by atoms with Gasteiger partial charge in [-0.2, -0.15) is 5.26 Å². The van der Waals surface area contributed by atoms with Gasteiger partial charge < -0.3 is 10.0 Å². The number of likely N-dealkylation sites (N-methyl/N-ethyl adjacent to an activating group) is 1. The maximum Gasteiger partial charge on any atom is 0.323 e. The second-order valence-electron chi connectivity index (χ2n) is 4.37. The fourth-order valence-electron chi connectivity index (χ4n) is 2.07. The van der Waals surface area contributed by atoms with Gasteiger partial charge in [0.15, 0.2) is 0 Å². The molecular weight excluding hydrogens is 272 g/mol. The van der Waals surface area contributed by atoms with Gasteiger partial charge in [-0.25, -0.2) is 0 Å². The van der Waals surface area contributed by atoms with E-state index in [0.29, 0.717) is 10.6 Å². The molecule has 0 amide bonds. The predicted octanol–water partition coefficient (Wildman–Crippen LogP) is 2.40. The van der Waals surface area contributed by atoms with Gasteiger partial charge in [0.25, 0.3) is 0 Å². The quantitative estimate of drug-likeness (QED) is 0.877. The number of hydrogen-bond acceptors (Lipinski definition) is 3. The summed E-state index contributed by atoms with van der Waals surface area (Å²) in [6.45, 7) is -0.160. The first-order valence-corrected chi connectivity index (χ1v) is 6.34. The van der Waals surface area contributed by atoms with Gasteiger partial charge >= 0.3 is 5.97 Å². The average molecular weight is 284 g/mol. The van der Waals surface area contributed by atoms with E-state index in [9.17, 15) is 4.79 Å². The molecule has 0 radical (unpaired) electrons. The second-order valence-corrected chi connectivity index (χ2v) is 4.76. The molecule has 1 N–H and O–H groups in total. The number of hydrogen-bond donors (Lipinski definition) is 1. The average Bonchev–Trinajstić information content (AvgIpc) is 2.44. The molecule has 2 aromatic rings. The van der Waals surface area contributed by atoms with Crippen molar-refractivity contribution in [1.29, 1.82) is 5.26 Å². The topological polar surface area (TPSA) is 64.3 Å². The van der Waals surface area contributed by atoms with Crippen LogP contribution < -0.4 is 0 Å². The lowest BCUT2D eigenvalue weighted by Crippen LogP contribution is -2.31. The molecule has 5 heteroatoms. The number of nitrogens with zero attached hydrogens (tertiary/aromatic N) is 2. The van der Waals surface area contributed by atoms with Gasteiger partial charge in [0.1, 0.15) is 11.5 Å². The fourth-order valence-corrected chi connectivity index (χ4v) is 2.32. The van der Waals surface area contributed by atoms with Crippen molar-refractivity contribution in [2.24, 2.45) is 0 Å². The van der Waals surface area contributed by atoms with E-state index in [1.54, 1.807) is 19.2 Å². The summed E-state index contributed by atoms with van der Waals surface area (Å²) in [6, 6.07) is 13.1. The van der Waals surface area contributed by atoms with E-state index in [-0.39, 0.29) is 6.54 Å². The van der Waals surface area contributed by atoms with Crippen molar-refractivity contribution in [2.45, 2.75) is 0 Å². The van der Waals surface area contributed by atoms with Crippen LogP contribution in [0.2, 0.25) is 0 Å². The lowest BCUT2D eigenvalue weighted by atomic mass is 10.0. The van der Waals surface area contributed by atoms with E-state index in [2.05, 4.69) is 6.07 Å². The van der Waals surface area contributed by atoms with Crippen molar-refractivity contribution in [1.82, 2.24) is 4.90 Å². The molecule has 0 aliphatic rings. The minimum Gasteiger partial charge on any atom is -0.480 e. The lowest BCUT2D eigenvalue weighted by molar-refractivity contribution is -0.137. The summed E-state index contributed by atoms with van der Waals surface area (Å²) in [7, 11) is 1.64. The third kappa shape index (κ3) is 2.60. The number of thiocarbonyl (C=S) groups is 1. The van der Waals surface area contributed by atoms with Crippen molar-refractivity contribution < 1.29 is 9.90 Å². The molecule has 0 aliphatic heterocycles. The van der Waals surface area contributed by atoms with Crippen molar-refractivity contribution in [2.75, 3.05) is 13.6 Å². The van der Waals surface area contributed by atoms with Crippen LogP contribution in [-0.4, -0.2) is 34.6 Å². The van der Waals surface area contributed by atoms with Crippen LogP contribution in [0.25, 0.3) is 10.8 Å². The zero-order valence-corrected chi connectivity index (χ0v) is 11.6. The molecule has 2 rings (SSSR count). The smallest absolute Gasteiger partial charge is 0.323 e. The van der Waals surface area contributed by atoms with Gasteiger partial charge in [-0.15, -0.1) is 0 Å². The molecule has 0 heterocycles. The van der Waals surface area contributed by atoms with Gasteiger partial charge in [0.05, 0.1) is 11.6 Å². The minimum absolute atomic E-state index is 0.160. The van der Waals surface area contributed by atoms with Gasteiger partial charge in [-0.3, -0.25) is 4.79 Å². The number of benzene rings is 2. The Hall–Kier alpha value is -2.45. The van der Waals surface area contributed by atoms with Crippen LogP contribution in [-0.2, 0) is 4.79 Å². The Morgan fingerprint density at radius 2 is 1.95 bits per heavy atom. The first-order valence-electron chi connectivity index (χ1n) is 5.93. The standard InChI is InChI=1S/C15H12N2O2S/c1-17(9-14(18)19)15(20)13-7-3-5-11-10(8-16)4-2-6-12(11)13/h2-7H,9H2,1H3,(H,18,19). The molecule has 0 unspecified atom stereocenters. The summed E-state index contributed by atoms with van der Waals surface area (Å²) in [5.74, 6) is -0.937. The summed E-state index contributed by atoms with van der Waals surface area (Å²) < 4.78 is 0. The van der Waals surface area contributed by atoms with E-state index in [1.165, 1.54) is 4.90 Å². The summed E-state index contributed by atoms with van der Waals surface area (Å²) in [4.78, 5) is 12.7. The third-order valence-electron chi connectivity index (χ3n) is 2.99. The normalized spacial score (nSPS) is 10.0. The summed E-state index contributed by atoms with van der Waals surface area (Å²) in [6.07, 6.45) is 0. The van der Waals surface area contributed by atoms with Gasteiger partial charge in [-0.05, 0) is 11.5 Å². The maximum absolute atomic E-state index is 10.8. The van der Waals surface area contributed by atoms with Crippen LogP contribution in [0.15, 0.2) is 36.4 Å². The van der Waals surface area contributed by atoms with Crippen LogP contribution in [0.4, 0.5) is 0 Å². The Labute approximate surface area is 121 Å². The van der Waals surface area contributed by atoms with Crippen LogP contribution >= 0.6 is 12.2 Å². The van der Waals surface area contributed by atoms with Crippen molar-refractivity contribution in [3.05, 3.63) is 47.5 Å². The number of rotatable bonds is 3. The number of fused-ring (bicyclic) bond motifs is 1. The molecule has 0 fully saturated rings. The van der Waals surface area contributed by atoms with E-state index >= 15 is 0 Å². The highest BCUT2D eigenvalue weighted by atomic mass is 32.1. The maximum atomic E-state index is 10.8. The Kier molecular flexibility index (Phi) is 3.97. The molecule has 2 aromatic carbocycles. The molecule has 20 heavy (non-hydrogen) atoms. The number of carboxylic acids is 1. The first kappa shape index (κ1) is 14.0. The highest BCUT2D eigenvalue weighted by molar-refractivity contribution is 7.80. The highest BCUT2D eigenvalue weighted by Crippen LogP contribution is 2.23. The molecule has 100 valence electrons. The molecule has 4 nitrogen and oxygen atoms in total. The van der Waals surface area contributed by atoms with Crippen molar-refractivity contribution >= 4 is 33.9 Å². The zero-order valence-electron chi connectivity index (χ0n) is 10.8. The molecule has 0 spiro atoms. The largest absolute Gasteiger partial charge is 0.480 e. The Morgan fingerprint density at radius 3 is 2.60 bits per heavy atom. The molecule has 0 aliphatic carbocycles. The Bertz CT molecular complexity index is 734. The van der Waals surface area contributed by atoms with Crippen LogP contribution in [0.5, 0.6) is 0 Å². The molecule has 0 saturated heterocycles. The second kappa shape index (κ2) is 5.68. The molecule has 0 atom stereocenters. The highest BCUT2D eigenvalue weighted by Gasteiger charge is 2.14. The van der Waals surface area contributed by atoms with Gasteiger partial charge in [-0.1, -0.05) is 42.5 Å². The third-order valence-corrected chi connectivity index (χ3v) is 3.52. The monoisotopic (exact) mass is 284 g/mol. The Morgan fingerprint density at radius 1 is 1.30 bits per heavy atom. The van der Waals surface area contributed by atoms with Gasteiger partial charge in [0, 0.05) is 18.0 Å². The van der Waals surface area contributed by atoms with E-state index < -0.39 is 5.97 Å². The summed E-state index contributed by atoms with van der Waals surface area (Å²) in [5, 5.41) is 19.6. The van der Waals surface area contributed by atoms with Gasteiger partial charge in [0.2, 0.25) is 0 Å². The summed E-state index contributed by atoms with van der Waals surface area (Å²) in [5.41, 5.74) is 1.34. The molecule has 0 bridgehead atoms. The van der Waals surface area contributed by atoms with E-state index in [4.69, 9.17) is 22.6 Å². The number of carbonyl (C=O) groups is 1. The number of aliphatic carboxylic acids is 1. The van der Waals surface area contributed by atoms with Crippen LogP contribution in [0.3, 0.4) is 0 Å². The SMILES string of the molecule is CN(CC(=O)O)C(=S)c1cccc2c(C#N)cccc12. The number of carboxylic acid groups (broad SMARTS) is 1. The lowest BCUT2D eigenvalue weighted by Gasteiger charge is -2.19. The Balaban J connectivity index is 2.53. The van der Waals surface area contributed by atoms with Crippen molar-refractivity contribution in [3.8, 4) is 6.07 Å². The minimum atomic E-state index is -0.937. The van der Waals surface area contributed by atoms with E-state index in [1.807, 2.05) is 24.3 Å². The number of nitriles is 1. The zero-order chi connectivity index (χ0) is 14.7. The van der Waals surface area contributed by atoms with Crippen LogP contribution in [0.1, 0.15) is 11.1 Å². The fraction of sp³-hybridized carbons (Fsp3) is 0.133. The molecule has 0 saturated carbocycles. The predicted molar refractivity (Wildman–Crippen MR) is 80.6 cm³/mol. The van der Waals surface area contributed by atoms with Crippen molar-refractivity contribution in [3.63, 3.8) is 0 Å². The van der Waals surface area contributed by atoms with E-state index in [0.717, 1.165) is 16.3 Å².